The smallest absolute Gasteiger partial charge is 0.319 e. The Bertz CT molecular complexity index is 933. The monoisotopic (exact) mass is 382 g/mol. The van der Waals surface area contributed by atoms with Crippen LogP contribution in [0.5, 0.6) is 11.5 Å². The molecule has 3 aromatic rings. The van der Waals surface area contributed by atoms with Crippen molar-refractivity contribution in [2.75, 3.05) is 5.32 Å². The van der Waals surface area contributed by atoms with Crippen molar-refractivity contribution in [2.45, 2.75) is 19.4 Å². The molecule has 0 aromatic heterocycles. The second-order valence-corrected chi connectivity index (χ2v) is 6.20. The number of anilines is 1. The Balaban J connectivity index is 1.68. The Kier molecular flexibility index (Phi) is 6.22. The Morgan fingerprint density at radius 2 is 1.64 bits per heavy atom. The van der Waals surface area contributed by atoms with Crippen LogP contribution in [-0.4, -0.2) is 6.03 Å². The molecule has 144 valence electrons. The van der Waals surface area contributed by atoms with Crippen molar-refractivity contribution in [2.24, 2.45) is 0 Å². The Morgan fingerprint density at radius 3 is 2.39 bits per heavy atom. The zero-order chi connectivity index (χ0) is 19.9. The Hall–Kier alpha value is -3.41. The van der Waals surface area contributed by atoms with Crippen molar-refractivity contribution in [3.8, 4) is 11.5 Å². The zero-order valence-electron chi connectivity index (χ0n) is 15.2. The summed E-state index contributed by atoms with van der Waals surface area (Å²) in [6.45, 7) is 1.82. The van der Waals surface area contributed by atoms with Gasteiger partial charge in [0, 0.05) is 16.8 Å². The average molecular weight is 382 g/mol. The number of para-hydroxylation sites is 2. The standard InChI is InChI=1S/C22H20F2N2O2/c1-15(25-22(27)26-17-9-7-8-16(14-17)21(23)24)19-12-5-6-13-20(19)28-18-10-3-2-4-11-18/h2-15,21H,1H3,(H2,25,26,27). The molecule has 1 atom stereocenters. The number of alkyl halides is 2. The van der Waals surface area contributed by atoms with E-state index in [1.165, 1.54) is 18.2 Å². The molecule has 0 fully saturated rings. The van der Waals surface area contributed by atoms with Gasteiger partial charge in [-0.1, -0.05) is 48.5 Å². The Morgan fingerprint density at radius 1 is 0.929 bits per heavy atom. The molecule has 0 heterocycles. The minimum Gasteiger partial charge on any atom is -0.457 e. The molecule has 0 spiro atoms. The van der Waals surface area contributed by atoms with Gasteiger partial charge in [-0.3, -0.25) is 0 Å². The first kappa shape index (κ1) is 19.4. The van der Waals surface area contributed by atoms with Gasteiger partial charge in [0.15, 0.2) is 0 Å². The zero-order valence-corrected chi connectivity index (χ0v) is 15.2. The van der Waals surface area contributed by atoms with E-state index in [-0.39, 0.29) is 11.6 Å². The molecule has 1 unspecified atom stereocenters. The maximum Gasteiger partial charge on any atom is 0.319 e. The van der Waals surface area contributed by atoms with Crippen molar-refractivity contribution in [3.05, 3.63) is 90.0 Å². The molecule has 2 amide bonds. The first-order chi connectivity index (χ1) is 13.5. The predicted octanol–water partition coefficient (Wildman–Crippen LogP) is 6.30. The number of rotatable bonds is 6. The third-order valence-corrected chi connectivity index (χ3v) is 4.10. The summed E-state index contributed by atoms with van der Waals surface area (Å²) in [4.78, 5) is 12.3. The van der Waals surface area contributed by atoms with Gasteiger partial charge in [0.25, 0.3) is 6.43 Å². The van der Waals surface area contributed by atoms with E-state index >= 15 is 0 Å². The fourth-order valence-electron chi connectivity index (χ4n) is 2.74. The SMILES string of the molecule is CC(NC(=O)Nc1cccc(C(F)F)c1)c1ccccc1Oc1ccccc1. The highest BCUT2D eigenvalue weighted by Crippen LogP contribution is 2.29. The lowest BCUT2D eigenvalue weighted by molar-refractivity contribution is 0.151. The molecule has 0 saturated heterocycles. The van der Waals surface area contributed by atoms with Crippen molar-refractivity contribution < 1.29 is 18.3 Å². The normalized spacial score (nSPS) is 11.7. The number of carbonyl (C=O) groups excluding carboxylic acids is 1. The van der Waals surface area contributed by atoms with Crippen molar-refractivity contribution in [3.63, 3.8) is 0 Å². The minimum absolute atomic E-state index is 0.146. The first-order valence-electron chi connectivity index (χ1n) is 8.80. The Labute approximate surface area is 162 Å². The molecule has 4 nitrogen and oxygen atoms in total. The number of carbonyl (C=O) groups is 1. The lowest BCUT2D eigenvalue weighted by Gasteiger charge is -2.18. The molecule has 0 radical (unpaired) electrons. The molecule has 2 N–H and O–H groups in total. The summed E-state index contributed by atoms with van der Waals surface area (Å²) < 4.78 is 31.5. The second kappa shape index (κ2) is 8.99. The van der Waals surface area contributed by atoms with Crippen LogP contribution in [0.15, 0.2) is 78.9 Å². The number of hydrogen-bond donors (Lipinski definition) is 2. The highest BCUT2D eigenvalue weighted by molar-refractivity contribution is 5.89. The molecule has 0 saturated carbocycles. The summed E-state index contributed by atoms with van der Waals surface area (Å²) >= 11 is 0. The van der Waals surface area contributed by atoms with E-state index in [9.17, 15) is 13.6 Å². The van der Waals surface area contributed by atoms with Crippen LogP contribution in [0.3, 0.4) is 0 Å². The number of halogens is 2. The summed E-state index contributed by atoms with van der Waals surface area (Å²) in [6, 6.07) is 21.5. The van der Waals surface area contributed by atoms with Gasteiger partial charge in [-0.15, -0.1) is 0 Å². The van der Waals surface area contributed by atoms with E-state index in [0.717, 1.165) is 5.56 Å². The summed E-state index contributed by atoms with van der Waals surface area (Å²) in [5.41, 5.74) is 0.951. The van der Waals surface area contributed by atoms with E-state index in [1.54, 1.807) is 6.07 Å². The first-order valence-corrected chi connectivity index (χ1v) is 8.80. The van der Waals surface area contributed by atoms with Crippen molar-refractivity contribution in [1.29, 1.82) is 0 Å². The van der Waals surface area contributed by atoms with Gasteiger partial charge in [-0.2, -0.15) is 0 Å². The van der Waals surface area contributed by atoms with Crippen LogP contribution in [-0.2, 0) is 0 Å². The predicted molar refractivity (Wildman–Crippen MR) is 105 cm³/mol. The van der Waals surface area contributed by atoms with E-state index in [1.807, 2.05) is 61.5 Å². The summed E-state index contributed by atoms with van der Waals surface area (Å²) in [6.07, 6.45) is -2.59. The van der Waals surface area contributed by atoms with Gasteiger partial charge >= 0.3 is 6.03 Å². The topological polar surface area (TPSA) is 50.4 Å². The summed E-state index contributed by atoms with van der Waals surface area (Å²) in [5.74, 6) is 1.32. The lowest BCUT2D eigenvalue weighted by Crippen LogP contribution is -2.31. The van der Waals surface area contributed by atoms with E-state index < -0.39 is 12.5 Å². The summed E-state index contributed by atoms with van der Waals surface area (Å²) in [5, 5.41) is 5.38. The van der Waals surface area contributed by atoms with Gasteiger partial charge in [0.05, 0.1) is 6.04 Å². The molecule has 0 aliphatic heterocycles. The highest BCUT2D eigenvalue weighted by atomic mass is 19.3. The lowest BCUT2D eigenvalue weighted by atomic mass is 10.1. The quantitative estimate of drug-likeness (QED) is 0.526. The fraction of sp³-hybridized carbons (Fsp3) is 0.136. The number of benzene rings is 3. The van der Waals surface area contributed by atoms with Crippen LogP contribution in [0.2, 0.25) is 0 Å². The highest BCUT2D eigenvalue weighted by Gasteiger charge is 2.15. The molecule has 0 bridgehead atoms. The van der Waals surface area contributed by atoms with E-state index in [0.29, 0.717) is 17.2 Å². The van der Waals surface area contributed by atoms with Crippen LogP contribution in [0.4, 0.5) is 19.3 Å². The minimum atomic E-state index is -2.59. The van der Waals surface area contributed by atoms with Gasteiger partial charge in [-0.05, 0) is 37.3 Å². The molecular weight excluding hydrogens is 362 g/mol. The van der Waals surface area contributed by atoms with Gasteiger partial charge in [0.2, 0.25) is 0 Å². The molecule has 6 heteroatoms. The number of amides is 2. The third kappa shape index (κ3) is 5.07. The number of hydrogen-bond acceptors (Lipinski definition) is 2. The number of nitrogens with one attached hydrogen (secondary N) is 2. The van der Waals surface area contributed by atoms with Crippen LogP contribution in [0.1, 0.15) is 30.5 Å². The van der Waals surface area contributed by atoms with E-state index in [4.69, 9.17) is 4.74 Å². The van der Waals surface area contributed by atoms with Crippen LogP contribution in [0, 0.1) is 0 Å². The second-order valence-electron chi connectivity index (χ2n) is 6.20. The van der Waals surface area contributed by atoms with Crippen LogP contribution >= 0.6 is 0 Å². The molecule has 3 rings (SSSR count). The van der Waals surface area contributed by atoms with Gasteiger partial charge < -0.3 is 15.4 Å². The van der Waals surface area contributed by atoms with Gasteiger partial charge in [-0.25, -0.2) is 13.6 Å². The average Bonchev–Trinajstić information content (AvgIpc) is 2.69. The molecular formula is C22H20F2N2O2. The van der Waals surface area contributed by atoms with Gasteiger partial charge in [0.1, 0.15) is 11.5 Å². The van der Waals surface area contributed by atoms with Crippen LogP contribution < -0.4 is 15.4 Å². The summed E-state index contributed by atoms with van der Waals surface area (Å²) in [7, 11) is 0. The molecule has 3 aromatic carbocycles. The largest absolute Gasteiger partial charge is 0.457 e. The number of urea groups is 1. The molecule has 0 aliphatic carbocycles. The van der Waals surface area contributed by atoms with Crippen LogP contribution in [0.25, 0.3) is 0 Å². The maximum atomic E-state index is 12.8. The fourth-order valence-corrected chi connectivity index (χ4v) is 2.74. The maximum absolute atomic E-state index is 12.8. The van der Waals surface area contributed by atoms with Crippen molar-refractivity contribution >= 4 is 11.7 Å². The molecule has 0 aliphatic rings. The number of ether oxygens (including phenoxy) is 1. The third-order valence-electron chi connectivity index (χ3n) is 4.10. The van der Waals surface area contributed by atoms with Crippen molar-refractivity contribution in [1.82, 2.24) is 5.32 Å². The van der Waals surface area contributed by atoms with E-state index in [2.05, 4.69) is 10.6 Å². The molecule has 28 heavy (non-hydrogen) atoms.